The number of benzene rings is 12. The second kappa shape index (κ2) is 21.8. The van der Waals surface area contributed by atoms with Crippen LogP contribution in [0.3, 0.4) is 0 Å². The van der Waals surface area contributed by atoms with Crippen LogP contribution < -0.4 is 9.80 Å². The van der Waals surface area contributed by atoms with E-state index in [2.05, 4.69) is 299 Å². The van der Waals surface area contributed by atoms with Gasteiger partial charge in [0, 0.05) is 99.4 Å². The molecule has 4 nitrogen and oxygen atoms in total. The average molecular weight is 1130 g/mol. The maximum absolute atomic E-state index is 4.47. The third kappa shape index (κ3) is 9.07. The lowest BCUT2D eigenvalue weighted by Gasteiger charge is -2.30. The Bertz CT molecular complexity index is 4800. The lowest BCUT2D eigenvalue weighted by Crippen LogP contribution is -2.12. The summed E-state index contributed by atoms with van der Waals surface area (Å²) in [5.74, 6) is 0. The first kappa shape index (κ1) is 50.9. The molecule has 0 fully saturated rings. The van der Waals surface area contributed by atoms with Gasteiger partial charge in [-0.05, 0) is 139 Å². The Morgan fingerprint density at radius 1 is 0.233 bits per heavy atom. The molecule has 0 aliphatic rings. The SMILES string of the molecule is c1ccc(-c2sc3cc(N(c4ccc(-c5cccnc5)cc4)c4cc5c6ccccc6c(N(c6ccc(-c7cccnc7)cc6)c6ccc7c(-c8ccccc8)c(-c8ccccc8)sc7c6)cc5c5ccccc45)ccc3c2-c2ccccc2)cc1. The molecule has 0 amide bonds. The molecule has 4 aromatic heterocycles. The second-order valence-electron chi connectivity index (χ2n) is 21.7. The quantitative estimate of drug-likeness (QED) is 0.114. The summed E-state index contributed by atoms with van der Waals surface area (Å²) in [5.41, 5.74) is 18.2. The van der Waals surface area contributed by atoms with Crippen molar-refractivity contribution in [2.75, 3.05) is 9.80 Å². The molecule has 0 spiro atoms. The van der Waals surface area contributed by atoms with E-state index in [0.29, 0.717) is 0 Å². The van der Waals surface area contributed by atoms with Gasteiger partial charge in [-0.2, -0.15) is 0 Å². The Hall–Kier alpha value is -10.8. The van der Waals surface area contributed by atoms with Crippen LogP contribution >= 0.6 is 22.7 Å². The predicted octanol–water partition coefficient (Wildman–Crippen LogP) is 23.3. The zero-order chi connectivity index (χ0) is 56.9. The maximum Gasteiger partial charge on any atom is 0.0546 e. The summed E-state index contributed by atoms with van der Waals surface area (Å²) in [6, 6.07) is 107. The van der Waals surface area contributed by atoms with Crippen molar-refractivity contribution in [3.8, 4) is 65.4 Å². The highest BCUT2D eigenvalue weighted by atomic mass is 32.1. The van der Waals surface area contributed by atoms with E-state index in [4.69, 9.17) is 0 Å². The maximum atomic E-state index is 4.47. The van der Waals surface area contributed by atoms with Crippen molar-refractivity contribution in [3.05, 3.63) is 316 Å². The van der Waals surface area contributed by atoms with Gasteiger partial charge in [0.05, 0.1) is 11.4 Å². The normalized spacial score (nSPS) is 11.5. The molecule has 0 unspecified atom stereocenters. The summed E-state index contributed by atoms with van der Waals surface area (Å²) >= 11 is 3.72. The zero-order valence-electron chi connectivity index (χ0n) is 46.6. The van der Waals surface area contributed by atoms with E-state index >= 15 is 0 Å². The molecule has 0 saturated carbocycles. The second-order valence-corrected chi connectivity index (χ2v) is 23.8. The fraction of sp³-hybridized carbons (Fsp3) is 0. The first-order valence-electron chi connectivity index (χ1n) is 29.0. The summed E-state index contributed by atoms with van der Waals surface area (Å²) in [6.45, 7) is 0. The molecule has 12 aromatic carbocycles. The molecule has 4 heterocycles. The van der Waals surface area contributed by atoms with Crippen molar-refractivity contribution in [1.29, 1.82) is 0 Å². The Labute approximate surface area is 507 Å². The minimum Gasteiger partial charge on any atom is -0.310 e. The molecule has 86 heavy (non-hydrogen) atoms. The van der Waals surface area contributed by atoms with E-state index in [0.717, 1.165) is 67.2 Å². The van der Waals surface area contributed by atoms with Crippen LogP contribution in [0.5, 0.6) is 0 Å². The molecule has 6 heteroatoms. The first-order valence-corrected chi connectivity index (χ1v) is 30.6. The van der Waals surface area contributed by atoms with Crippen molar-refractivity contribution in [2.24, 2.45) is 0 Å². The van der Waals surface area contributed by atoms with Gasteiger partial charge in [-0.15, -0.1) is 22.7 Å². The molecule has 16 rings (SSSR count). The minimum atomic E-state index is 1.06. The average Bonchev–Trinajstić information content (AvgIpc) is 1.29. The van der Waals surface area contributed by atoms with Crippen LogP contribution in [0, 0.1) is 0 Å². The van der Waals surface area contributed by atoms with Gasteiger partial charge >= 0.3 is 0 Å². The van der Waals surface area contributed by atoms with Gasteiger partial charge in [0.2, 0.25) is 0 Å². The number of anilines is 6. The number of fused-ring (bicyclic) bond motifs is 7. The molecule has 0 bridgehead atoms. The molecule has 0 aliphatic heterocycles. The fourth-order valence-electron chi connectivity index (χ4n) is 12.6. The van der Waals surface area contributed by atoms with Crippen molar-refractivity contribution in [3.63, 3.8) is 0 Å². The van der Waals surface area contributed by atoms with Gasteiger partial charge < -0.3 is 9.80 Å². The number of hydrogen-bond acceptors (Lipinski definition) is 6. The van der Waals surface area contributed by atoms with Crippen molar-refractivity contribution in [2.45, 2.75) is 0 Å². The van der Waals surface area contributed by atoms with Crippen molar-refractivity contribution in [1.82, 2.24) is 9.97 Å². The third-order valence-corrected chi connectivity index (χ3v) is 19.0. The highest BCUT2D eigenvalue weighted by Gasteiger charge is 2.25. The summed E-state index contributed by atoms with van der Waals surface area (Å²) in [7, 11) is 0. The lowest BCUT2D eigenvalue weighted by atomic mass is 9.93. The molecule has 0 saturated heterocycles. The lowest BCUT2D eigenvalue weighted by molar-refractivity contribution is 1.30. The molecular formula is C80H52N4S2. The number of thiophene rings is 2. The smallest absolute Gasteiger partial charge is 0.0546 e. The molecule has 0 aliphatic carbocycles. The highest BCUT2D eigenvalue weighted by molar-refractivity contribution is 7.23. The number of hydrogen-bond donors (Lipinski definition) is 0. The Kier molecular flexibility index (Phi) is 12.9. The van der Waals surface area contributed by atoms with Crippen molar-refractivity contribution >= 4 is 109 Å². The molecular weight excluding hydrogens is 1080 g/mol. The standard InChI is InChI=1S/C80H52N4S2/c1-5-19-55(20-6-1)77-69-43-41-63(47-75(69)85-79(77)57-23-9-3-10-24-57)83(61-37-33-53(34-38-61)59-27-17-45-81-51-59)73-49-71-66-30-14-16-32-68(66)74(50-72(71)65-29-13-15-31-67(65)73)84(62-39-35-54(36-40-62)60-28-18-46-82-52-60)64-42-44-70-76(48-64)86-80(58-25-11-4-12-26-58)78(70)56-21-7-2-8-22-56/h1-52H. The van der Waals surface area contributed by atoms with Gasteiger partial charge in [0.25, 0.3) is 0 Å². The Morgan fingerprint density at radius 3 is 0.942 bits per heavy atom. The number of rotatable bonds is 12. The van der Waals surface area contributed by atoms with Crippen molar-refractivity contribution < 1.29 is 0 Å². The Balaban J connectivity index is 0.921. The summed E-state index contributed by atoms with van der Waals surface area (Å²) < 4.78 is 2.44. The number of pyridine rings is 2. The number of nitrogens with zero attached hydrogens (tertiary/aromatic N) is 4. The third-order valence-electron chi connectivity index (χ3n) is 16.6. The minimum absolute atomic E-state index is 1.06. The van der Waals surface area contributed by atoms with Crippen LogP contribution in [0.4, 0.5) is 34.1 Å². The molecule has 16 aromatic rings. The first-order chi connectivity index (χ1) is 42.7. The summed E-state index contributed by atoms with van der Waals surface area (Å²) in [5, 5.41) is 9.44. The van der Waals surface area contributed by atoms with E-state index in [-0.39, 0.29) is 0 Å². The van der Waals surface area contributed by atoms with Crippen LogP contribution in [0.2, 0.25) is 0 Å². The topological polar surface area (TPSA) is 32.3 Å². The van der Waals surface area contributed by atoms with Gasteiger partial charge in [-0.25, -0.2) is 0 Å². The Morgan fingerprint density at radius 2 is 0.570 bits per heavy atom. The van der Waals surface area contributed by atoms with E-state index < -0.39 is 0 Å². The van der Waals surface area contributed by atoms with Crippen LogP contribution in [0.25, 0.3) is 118 Å². The largest absolute Gasteiger partial charge is 0.310 e. The molecule has 0 atom stereocenters. The molecule has 404 valence electrons. The van der Waals surface area contributed by atoms with Crippen LogP contribution in [-0.4, -0.2) is 9.97 Å². The van der Waals surface area contributed by atoms with Gasteiger partial charge in [-0.1, -0.05) is 218 Å². The van der Waals surface area contributed by atoms with Crippen LogP contribution in [-0.2, 0) is 0 Å². The van der Waals surface area contributed by atoms with E-state index in [1.807, 2.05) is 59.6 Å². The fourth-order valence-corrected chi connectivity index (χ4v) is 15.2. The van der Waals surface area contributed by atoms with E-state index in [1.54, 1.807) is 0 Å². The zero-order valence-corrected chi connectivity index (χ0v) is 48.3. The van der Waals surface area contributed by atoms with E-state index in [9.17, 15) is 0 Å². The molecule has 0 radical (unpaired) electrons. The predicted molar refractivity (Wildman–Crippen MR) is 367 cm³/mol. The van der Waals surface area contributed by atoms with Gasteiger partial charge in [0.15, 0.2) is 0 Å². The summed E-state index contributed by atoms with van der Waals surface area (Å²) in [6.07, 6.45) is 7.53. The van der Waals surface area contributed by atoms with Crippen LogP contribution in [0.1, 0.15) is 0 Å². The summed E-state index contributed by atoms with van der Waals surface area (Å²) in [4.78, 5) is 16.4. The highest BCUT2D eigenvalue weighted by Crippen LogP contribution is 2.52. The van der Waals surface area contributed by atoms with Crippen LogP contribution in [0.15, 0.2) is 316 Å². The molecule has 0 N–H and O–H groups in total. The van der Waals surface area contributed by atoms with Gasteiger partial charge in [-0.3, -0.25) is 9.97 Å². The van der Waals surface area contributed by atoms with Gasteiger partial charge in [0.1, 0.15) is 0 Å². The number of aromatic nitrogens is 2. The van der Waals surface area contributed by atoms with E-state index in [1.165, 1.54) is 84.9 Å². The monoisotopic (exact) mass is 1130 g/mol.